The van der Waals surface area contributed by atoms with Gasteiger partial charge in [-0.05, 0) is 51.3 Å². The van der Waals surface area contributed by atoms with Gasteiger partial charge in [-0.2, -0.15) is 0 Å². The first-order chi connectivity index (χ1) is 12.8. The van der Waals surface area contributed by atoms with E-state index in [1.165, 1.54) is 40.5 Å². The van der Waals surface area contributed by atoms with E-state index in [4.69, 9.17) is 0 Å². The largest absolute Gasteiger partial charge is 0.324 e. The first-order valence-corrected chi connectivity index (χ1v) is 9.75. The Hall–Kier alpha value is -2.43. The minimum absolute atomic E-state index is 0.0852. The van der Waals surface area contributed by atoms with Gasteiger partial charge < -0.3 is 4.90 Å². The van der Waals surface area contributed by atoms with Crippen LogP contribution in [0.5, 0.6) is 0 Å². The van der Waals surface area contributed by atoms with Crippen LogP contribution in [-0.2, 0) is 0 Å². The van der Waals surface area contributed by atoms with Crippen LogP contribution in [0.2, 0.25) is 0 Å². The number of hydrogen-bond donors (Lipinski definition) is 0. The second-order valence-electron chi connectivity index (χ2n) is 6.12. The zero-order chi connectivity index (χ0) is 19.6. The van der Waals surface area contributed by atoms with E-state index < -0.39 is 4.92 Å². The van der Waals surface area contributed by atoms with E-state index >= 15 is 0 Å². The average Bonchev–Trinajstić information content (AvgIpc) is 3.24. The van der Waals surface area contributed by atoms with Gasteiger partial charge in [-0.25, -0.2) is 9.37 Å². The Balaban J connectivity index is 1.93. The third-order valence-electron chi connectivity index (χ3n) is 3.78. The minimum atomic E-state index is -0.516. The summed E-state index contributed by atoms with van der Waals surface area (Å²) >= 11 is 2.06. The highest BCUT2D eigenvalue weighted by Crippen LogP contribution is 2.32. The van der Waals surface area contributed by atoms with Gasteiger partial charge in [-0.3, -0.25) is 19.8 Å². The van der Waals surface area contributed by atoms with E-state index in [9.17, 15) is 19.3 Å². The Bertz CT molecular complexity index is 986. The maximum Gasteiger partial charge on any atom is 0.324 e. The molecule has 0 aliphatic heterocycles. The van der Waals surface area contributed by atoms with E-state index in [1.54, 1.807) is 6.07 Å². The summed E-state index contributed by atoms with van der Waals surface area (Å²) in [6, 6.07) is 7.06. The minimum Gasteiger partial charge on any atom is -0.309 e. The first kappa shape index (κ1) is 19.3. The second-order valence-corrected chi connectivity index (χ2v) is 8.19. The van der Waals surface area contributed by atoms with Gasteiger partial charge in [0, 0.05) is 12.6 Å². The highest BCUT2D eigenvalue weighted by Gasteiger charge is 2.24. The molecule has 3 aromatic rings. The number of rotatable bonds is 7. The molecule has 0 saturated carbocycles. The number of thiazole rings is 1. The predicted octanol–water partition coefficient (Wildman–Crippen LogP) is 4.00. The van der Waals surface area contributed by atoms with Gasteiger partial charge in [-0.1, -0.05) is 22.7 Å². The van der Waals surface area contributed by atoms with Crippen LogP contribution in [0, 0.1) is 15.9 Å². The lowest BCUT2D eigenvalue weighted by Crippen LogP contribution is -2.32. The lowest BCUT2D eigenvalue weighted by molar-refractivity contribution is -0.380. The van der Waals surface area contributed by atoms with E-state index in [2.05, 4.69) is 4.98 Å². The molecule has 1 amide bonds. The third-order valence-corrected chi connectivity index (χ3v) is 5.85. The molecule has 7 nitrogen and oxygen atoms in total. The van der Waals surface area contributed by atoms with Gasteiger partial charge >= 0.3 is 5.00 Å². The summed E-state index contributed by atoms with van der Waals surface area (Å²) in [6.07, 6.45) is 0.705. The number of nitrogens with zero attached hydrogens (tertiary/aromatic N) is 4. The average molecular weight is 408 g/mol. The monoisotopic (exact) mass is 408 g/mol. The van der Waals surface area contributed by atoms with Crippen molar-refractivity contribution in [3.8, 4) is 0 Å². The number of aromatic nitrogens is 1. The number of nitro groups is 1. The number of anilines is 1. The highest BCUT2D eigenvalue weighted by molar-refractivity contribution is 7.22. The molecule has 0 saturated heterocycles. The van der Waals surface area contributed by atoms with Crippen LogP contribution in [0.3, 0.4) is 0 Å². The lowest BCUT2D eigenvalue weighted by Gasteiger charge is -2.20. The quantitative estimate of drug-likeness (QED) is 0.436. The number of benzene rings is 1. The molecule has 0 radical (unpaired) electrons. The second kappa shape index (κ2) is 8.07. The van der Waals surface area contributed by atoms with Crippen LogP contribution in [-0.4, -0.2) is 47.9 Å². The van der Waals surface area contributed by atoms with Crippen LogP contribution in [0.1, 0.15) is 16.1 Å². The van der Waals surface area contributed by atoms with E-state index in [1.807, 2.05) is 19.0 Å². The summed E-state index contributed by atoms with van der Waals surface area (Å²) < 4.78 is 14.1. The van der Waals surface area contributed by atoms with E-state index in [-0.39, 0.29) is 21.6 Å². The molecule has 0 N–H and O–H groups in total. The summed E-state index contributed by atoms with van der Waals surface area (Å²) in [5.41, 5.74) is 0.610. The zero-order valence-electron chi connectivity index (χ0n) is 14.7. The molecule has 0 fully saturated rings. The summed E-state index contributed by atoms with van der Waals surface area (Å²) in [5, 5.41) is 11.3. The molecule has 0 aliphatic carbocycles. The third kappa shape index (κ3) is 4.46. The van der Waals surface area contributed by atoms with Gasteiger partial charge in [0.05, 0.1) is 20.0 Å². The molecule has 142 valence electrons. The van der Waals surface area contributed by atoms with Gasteiger partial charge in [0.15, 0.2) is 5.13 Å². The zero-order valence-corrected chi connectivity index (χ0v) is 16.3. The molecule has 27 heavy (non-hydrogen) atoms. The molecule has 2 aromatic heterocycles. The maximum absolute atomic E-state index is 13.5. The Morgan fingerprint density at radius 1 is 1.22 bits per heavy atom. The summed E-state index contributed by atoms with van der Waals surface area (Å²) in [7, 11) is 3.88. The van der Waals surface area contributed by atoms with Crippen molar-refractivity contribution in [2.45, 2.75) is 6.42 Å². The maximum atomic E-state index is 13.5. The standard InChI is InChI=1S/C17H17FN4O3S2/c1-20(2)8-3-9-21(16(23)13-6-7-15(26-13)22(24)25)17-19-12-5-4-11(18)10-14(12)27-17/h4-7,10H,3,8-9H2,1-2H3. The van der Waals surface area contributed by atoms with Crippen molar-refractivity contribution in [1.29, 1.82) is 0 Å². The molecular weight excluding hydrogens is 391 g/mol. The fourth-order valence-corrected chi connectivity index (χ4v) is 4.29. The highest BCUT2D eigenvalue weighted by atomic mass is 32.1. The Morgan fingerprint density at radius 2 is 2.00 bits per heavy atom. The SMILES string of the molecule is CN(C)CCCN(C(=O)c1ccc([N+](=O)[O-])s1)c1nc2ccc(F)cc2s1. The molecule has 2 heterocycles. The van der Waals surface area contributed by atoms with Gasteiger partial charge in [0.1, 0.15) is 5.82 Å². The fourth-order valence-electron chi connectivity index (χ4n) is 2.50. The smallest absolute Gasteiger partial charge is 0.309 e. The Labute approximate surface area is 162 Å². The molecular formula is C17H17FN4O3S2. The predicted molar refractivity (Wildman–Crippen MR) is 105 cm³/mol. The number of carbonyl (C=O) groups is 1. The molecule has 0 bridgehead atoms. The molecule has 1 aromatic carbocycles. The number of carbonyl (C=O) groups excluding carboxylic acids is 1. The van der Waals surface area contributed by atoms with Crippen molar-refractivity contribution in [2.24, 2.45) is 0 Å². The fraction of sp³-hybridized carbons (Fsp3) is 0.294. The van der Waals surface area contributed by atoms with Crippen LogP contribution in [0.4, 0.5) is 14.5 Å². The van der Waals surface area contributed by atoms with Gasteiger partial charge in [0.2, 0.25) is 0 Å². The molecule has 0 unspecified atom stereocenters. The molecule has 0 aliphatic rings. The van der Waals surface area contributed by atoms with Crippen molar-refractivity contribution in [2.75, 3.05) is 32.1 Å². The van der Waals surface area contributed by atoms with Crippen LogP contribution in [0.25, 0.3) is 10.2 Å². The lowest BCUT2D eigenvalue weighted by atomic mass is 10.3. The molecule has 0 atom stereocenters. The van der Waals surface area contributed by atoms with E-state index in [0.29, 0.717) is 28.3 Å². The van der Waals surface area contributed by atoms with Crippen LogP contribution >= 0.6 is 22.7 Å². The first-order valence-electron chi connectivity index (χ1n) is 8.12. The van der Waals surface area contributed by atoms with Crippen molar-refractivity contribution in [1.82, 2.24) is 9.88 Å². The van der Waals surface area contributed by atoms with E-state index in [0.717, 1.165) is 17.9 Å². The number of thiophene rings is 1. The Kier molecular flexibility index (Phi) is 5.78. The van der Waals surface area contributed by atoms with Gasteiger partial charge in [-0.15, -0.1) is 0 Å². The summed E-state index contributed by atoms with van der Waals surface area (Å²) in [4.78, 5) is 31.6. The Morgan fingerprint density at radius 3 is 2.67 bits per heavy atom. The number of halogens is 1. The number of amides is 1. The topological polar surface area (TPSA) is 79.6 Å². The normalized spacial score (nSPS) is 11.3. The van der Waals surface area contributed by atoms with Crippen molar-refractivity contribution in [3.05, 3.63) is 51.1 Å². The van der Waals surface area contributed by atoms with Crippen molar-refractivity contribution in [3.63, 3.8) is 0 Å². The van der Waals surface area contributed by atoms with Gasteiger partial charge in [0.25, 0.3) is 5.91 Å². The summed E-state index contributed by atoms with van der Waals surface area (Å²) in [6.45, 7) is 1.18. The van der Waals surface area contributed by atoms with Crippen LogP contribution in [0.15, 0.2) is 30.3 Å². The molecule has 3 rings (SSSR count). The number of hydrogen-bond acceptors (Lipinski definition) is 7. The van der Waals surface area contributed by atoms with Crippen molar-refractivity contribution < 1.29 is 14.1 Å². The molecule has 10 heteroatoms. The van der Waals surface area contributed by atoms with Crippen molar-refractivity contribution >= 4 is 48.9 Å². The van der Waals surface area contributed by atoms with Crippen LogP contribution < -0.4 is 4.90 Å². The molecule has 0 spiro atoms. The summed E-state index contributed by atoms with van der Waals surface area (Å²) in [5.74, 6) is -0.705. The number of fused-ring (bicyclic) bond motifs is 1.